The third-order valence-electron chi connectivity index (χ3n) is 10.8. The number of furan rings is 1. The van der Waals surface area contributed by atoms with Crippen LogP contribution in [0.15, 0.2) is 197 Å². The van der Waals surface area contributed by atoms with E-state index in [0.717, 1.165) is 67.8 Å². The van der Waals surface area contributed by atoms with Crippen LogP contribution in [-0.2, 0) is 0 Å². The highest BCUT2D eigenvalue weighted by atomic mass is 16.4. The largest absolute Gasteiger partial charge is 0.456 e. The number of allylic oxidation sites excluding steroid dienone is 3. The van der Waals surface area contributed by atoms with Crippen molar-refractivity contribution in [1.29, 1.82) is 0 Å². The molecule has 0 N–H and O–H groups in total. The minimum Gasteiger partial charge on any atom is -0.456 e. The van der Waals surface area contributed by atoms with Crippen LogP contribution < -0.4 is 4.90 Å². The monoisotopic (exact) mass is 695 g/mol. The molecule has 10 aromatic rings. The van der Waals surface area contributed by atoms with E-state index in [4.69, 9.17) is 13.8 Å². The molecule has 0 fully saturated rings. The molecule has 0 radical (unpaired) electrons. The van der Waals surface area contributed by atoms with E-state index in [1.807, 2.05) is 42.5 Å². The number of nitrogens with zero attached hydrogens (tertiary/aromatic N) is 3. The van der Waals surface area contributed by atoms with Gasteiger partial charge in [-0.05, 0) is 90.9 Å². The first-order valence-corrected chi connectivity index (χ1v) is 18.4. The second-order valence-corrected chi connectivity index (χ2v) is 13.9. The van der Waals surface area contributed by atoms with E-state index in [1.165, 1.54) is 27.4 Å². The normalized spacial score (nSPS) is 14.4. The van der Waals surface area contributed by atoms with Gasteiger partial charge in [-0.1, -0.05) is 97.1 Å². The number of benzene rings is 7. The molecule has 256 valence electrons. The molecule has 1 atom stereocenters. The summed E-state index contributed by atoms with van der Waals surface area (Å²) >= 11 is 0. The Morgan fingerprint density at radius 1 is 0.574 bits per heavy atom. The molecule has 11 rings (SSSR count). The molecule has 0 bridgehead atoms. The fraction of sp³-hybridized carbons (Fsp3) is 0.0408. The number of anilines is 2. The van der Waals surface area contributed by atoms with E-state index >= 15 is 0 Å². The second kappa shape index (κ2) is 12.2. The van der Waals surface area contributed by atoms with Gasteiger partial charge in [0, 0.05) is 56.5 Å². The van der Waals surface area contributed by atoms with Crippen LogP contribution in [0.4, 0.5) is 11.4 Å². The summed E-state index contributed by atoms with van der Waals surface area (Å²) in [5.41, 5.74) is 12.1. The molecule has 1 aliphatic rings. The zero-order valence-electron chi connectivity index (χ0n) is 29.3. The molecule has 1 aliphatic carbocycles. The van der Waals surface area contributed by atoms with Crippen molar-refractivity contribution in [1.82, 2.24) is 9.55 Å². The van der Waals surface area contributed by atoms with Crippen molar-refractivity contribution < 1.29 is 8.83 Å². The minimum absolute atomic E-state index is 0.326. The smallest absolute Gasteiger partial charge is 0.227 e. The minimum atomic E-state index is 0.326. The Bertz CT molecular complexity index is 3080. The van der Waals surface area contributed by atoms with Gasteiger partial charge >= 0.3 is 0 Å². The maximum atomic E-state index is 6.60. The van der Waals surface area contributed by atoms with Crippen molar-refractivity contribution in [2.45, 2.75) is 12.3 Å². The van der Waals surface area contributed by atoms with E-state index in [-0.39, 0.29) is 0 Å². The Morgan fingerprint density at radius 3 is 2.09 bits per heavy atom. The highest BCUT2D eigenvalue weighted by molar-refractivity contribution is 6.17. The Hall–Kier alpha value is -7.11. The van der Waals surface area contributed by atoms with Crippen molar-refractivity contribution in [3.8, 4) is 17.1 Å². The Morgan fingerprint density at radius 2 is 1.28 bits per heavy atom. The summed E-state index contributed by atoms with van der Waals surface area (Å²) in [4.78, 5) is 7.32. The van der Waals surface area contributed by atoms with Crippen LogP contribution in [0.2, 0.25) is 0 Å². The van der Waals surface area contributed by atoms with Crippen LogP contribution in [0.25, 0.3) is 72.0 Å². The van der Waals surface area contributed by atoms with E-state index in [0.29, 0.717) is 11.8 Å². The SMILES string of the molecule is C1=CC(c2ccccc2)CC=C1N(c1ccc2c(c1)oc1ccc3oc(-c4ccccc4)nc3c12)c1ccc2c(c1)c1ccccc1n2-c1ccccc1. The number of oxazole rings is 1. The van der Waals surface area contributed by atoms with Gasteiger partial charge in [-0.3, -0.25) is 0 Å². The highest BCUT2D eigenvalue weighted by Crippen LogP contribution is 2.42. The summed E-state index contributed by atoms with van der Waals surface area (Å²) in [5, 5.41) is 4.39. The standard InChI is InChI=1S/C49H33N3O2/c1-4-12-32(13-5-1)33-20-22-36(23-21-33)51(37-25-27-43-41(30-37)39-18-10-11-19-42(39)52(43)35-16-8-3-9-17-35)38-24-26-40-46(31-38)53-44-28-29-45-48(47(40)44)50-49(54-45)34-14-6-2-7-15-34/h1-20,22-31,33H,21H2. The van der Waals surface area contributed by atoms with Crippen LogP contribution in [0.1, 0.15) is 17.9 Å². The predicted octanol–water partition coefficient (Wildman–Crippen LogP) is 13.3. The Labute approximate surface area is 311 Å². The molecule has 0 aliphatic heterocycles. The molecular weight excluding hydrogens is 663 g/mol. The first-order valence-electron chi connectivity index (χ1n) is 18.4. The van der Waals surface area contributed by atoms with Crippen LogP contribution >= 0.6 is 0 Å². The topological polar surface area (TPSA) is 47.3 Å². The van der Waals surface area contributed by atoms with Gasteiger partial charge in [0.25, 0.3) is 0 Å². The van der Waals surface area contributed by atoms with Crippen molar-refractivity contribution in [3.63, 3.8) is 0 Å². The van der Waals surface area contributed by atoms with Crippen molar-refractivity contribution in [2.75, 3.05) is 4.90 Å². The number of aromatic nitrogens is 2. The average Bonchev–Trinajstić information content (AvgIpc) is 3.94. The van der Waals surface area contributed by atoms with Gasteiger partial charge < -0.3 is 18.3 Å². The molecule has 54 heavy (non-hydrogen) atoms. The van der Waals surface area contributed by atoms with E-state index in [9.17, 15) is 0 Å². The summed E-state index contributed by atoms with van der Waals surface area (Å²) in [6.07, 6.45) is 7.87. The van der Waals surface area contributed by atoms with Gasteiger partial charge in [-0.2, -0.15) is 0 Å². The predicted molar refractivity (Wildman–Crippen MR) is 221 cm³/mol. The van der Waals surface area contributed by atoms with Crippen molar-refractivity contribution in [2.24, 2.45) is 0 Å². The summed E-state index contributed by atoms with van der Waals surface area (Å²) in [6, 6.07) is 57.4. The van der Waals surface area contributed by atoms with E-state index < -0.39 is 0 Å². The maximum absolute atomic E-state index is 6.60. The second-order valence-electron chi connectivity index (χ2n) is 13.9. The first-order chi connectivity index (χ1) is 26.8. The number of hydrogen-bond donors (Lipinski definition) is 0. The summed E-state index contributed by atoms with van der Waals surface area (Å²) in [5.74, 6) is 0.927. The lowest BCUT2D eigenvalue weighted by atomic mass is 9.91. The number of fused-ring (bicyclic) bond motifs is 8. The van der Waals surface area contributed by atoms with Crippen LogP contribution in [-0.4, -0.2) is 9.55 Å². The Kier molecular flexibility index (Phi) is 6.92. The molecule has 0 saturated heterocycles. The molecule has 1 unspecified atom stereocenters. The quantitative estimate of drug-likeness (QED) is 0.174. The lowest BCUT2D eigenvalue weighted by molar-refractivity contribution is 0.619. The number of para-hydroxylation sites is 2. The average molecular weight is 696 g/mol. The van der Waals surface area contributed by atoms with Gasteiger partial charge in [0.1, 0.15) is 16.7 Å². The molecule has 5 heteroatoms. The maximum Gasteiger partial charge on any atom is 0.227 e. The summed E-state index contributed by atoms with van der Waals surface area (Å²) in [6.45, 7) is 0. The van der Waals surface area contributed by atoms with Crippen molar-refractivity contribution >= 4 is 66.2 Å². The van der Waals surface area contributed by atoms with Gasteiger partial charge in [0.15, 0.2) is 5.58 Å². The molecule has 0 amide bonds. The lowest BCUT2D eigenvalue weighted by Gasteiger charge is -2.29. The Balaban J connectivity index is 1.08. The molecule has 7 aromatic carbocycles. The molecule has 0 saturated carbocycles. The summed E-state index contributed by atoms with van der Waals surface area (Å²) in [7, 11) is 0. The summed E-state index contributed by atoms with van der Waals surface area (Å²) < 4.78 is 15.2. The number of hydrogen-bond acceptors (Lipinski definition) is 4. The van der Waals surface area contributed by atoms with E-state index in [1.54, 1.807) is 0 Å². The first kappa shape index (κ1) is 30.5. The van der Waals surface area contributed by atoms with Crippen molar-refractivity contribution in [3.05, 3.63) is 193 Å². The highest BCUT2D eigenvalue weighted by Gasteiger charge is 2.23. The third-order valence-corrected chi connectivity index (χ3v) is 10.8. The lowest BCUT2D eigenvalue weighted by Crippen LogP contribution is -2.17. The van der Waals surface area contributed by atoms with Gasteiger partial charge in [0.2, 0.25) is 5.89 Å². The zero-order chi connectivity index (χ0) is 35.6. The van der Waals surface area contributed by atoms with Gasteiger partial charge in [0.05, 0.1) is 16.4 Å². The molecule has 3 aromatic heterocycles. The molecule has 0 spiro atoms. The van der Waals surface area contributed by atoms with Crippen LogP contribution in [0.5, 0.6) is 0 Å². The number of rotatable bonds is 6. The van der Waals surface area contributed by atoms with Gasteiger partial charge in [-0.25, -0.2) is 4.98 Å². The molecule has 3 heterocycles. The van der Waals surface area contributed by atoms with Gasteiger partial charge in [-0.15, -0.1) is 0 Å². The zero-order valence-corrected chi connectivity index (χ0v) is 29.3. The third kappa shape index (κ3) is 4.90. The van der Waals surface area contributed by atoms with Crippen LogP contribution in [0, 0.1) is 0 Å². The molecule has 5 nitrogen and oxygen atoms in total. The fourth-order valence-corrected chi connectivity index (χ4v) is 8.21. The fourth-order valence-electron chi connectivity index (χ4n) is 8.21. The van der Waals surface area contributed by atoms with Crippen LogP contribution in [0.3, 0.4) is 0 Å². The molecular formula is C49H33N3O2. The van der Waals surface area contributed by atoms with E-state index in [2.05, 4.69) is 149 Å².